The van der Waals surface area contributed by atoms with Crippen molar-refractivity contribution in [3.63, 3.8) is 0 Å². The molecule has 0 heterocycles. The summed E-state index contributed by atoms with van der Waals surface area (Å²) in [6, 6.07) is 14.4. The Bertz CT molecular complexity index is 816. The maximum absolute atomic E-state index is 12.2. The minimum atomic E-state index is -0.634. The van der Waals surface area contributed by atoms with Crippen LogP contribution in [0.3, 0.4) is 0 Å². The Labute approximate surface area is 165 Å². The van der Waals surface area contributed by atoms with E-state index in [4.69, 9.17) is 9.47 Å². The summed E-state index contributed by atoms with van der Waals surface area (Å²) in [4.78, 5) is 24.2. The first-order chi connectivity index (χ1) is 13.5. The van der Waals surface area contributed by atoms with Crippen LogP contribution in [0.25, 0.3) is 6.08 Å². The number of carbonyl (C=O) groups excluding carboxylic acids is 2. The Morgan fingerprint density at radius 3 is 2.43 bits per heavy atom. The van der Waals surface area contributed by atoms with E-state index < -0.39 is 6.04 Å². The number of nitrogens with one attached hydrogen (secondary N) is 2. The molecule has 6 heteroatoms. The molecule has 0 aromatic heterocycles. The lowest BCUT2D eigenvalue weighted by molar-refractivity contribution is -0.126. The lowest BCUT2D eigenvalue weighted by Crippen LogP contribution is -2.44. The average molecular weight is 382 g/mol. The van der Waals surface area contributed by atoms with Crippen molar-refractivity contribution in [2.75, 3.05) is 20.8 Å². The van der Waals surface area contributed by atoms with Gasteiger partial charge in [-0.3, -0.25) is 9.59 Å². The average Bonchev–Trinajstić information content (AvgIpc) is 2.72. The van der Waals surface area contributed by atoms with Crippen LogP contribution in [0.4, 0.5) is 0 Å². The van der Waals surface area contributed by atoms with Gasteiger partial charge in [-0.1, -0.05) is 30.3 Å². The van der Waals surface area contributed by atoms with Gasteiger partial charge in [0.15, 0.2) is 0 Å². The van der Waals surface area contributed by atoms with Gasteiger partial charge in [0.05, 0.1) is 14.2 Å². The van der Waals surface area contributed by atoms with Crippen LogP contribution in [0, 0.1) is 0 Å². The summed E-state index contributed by atoms with van der Waals surface area (Å²) in [5.74, 6) is 0.978. The molecule has 148 valence electrons. The largest absolute Gasteiger partial charge is 0.497 e. The zero-order valence-corrected chi connectivity index (χ0v) is 16.4. The first-order valence-electron chi connectivity index (χ1n) is 9.05. The van der Waals surface area contributed by atoms with Crippen molar-refractivity contribution in [3.8, 4) is 11.5 Å². The summed E-state index contributed by atoms with van der Waals surface area (Å²) >= 11 is 0. The molecular formula is C22H26N2O4. The van der Waals surface area contributed by atoms with E-state index >= 15 is 0 Å². The number of methoxy groups -OCH3 is 2. The van der Waals surface area contributed by atoms with Gasteiger partial charge in [0.25, 0.3) is 0 Å². The van der Waals surface area contributed by atoms with E-state index in [1.165, 1.54) is 6.08 Å². The minimum Gasteiger partial charge on any atom is -0.497 e. The molecule has 0 aliphatic carbocycles. The Balaban J connectivity index is 1.77. The van der Waals surface area contributed by atoms with Crippen LogP contribution >= 0.6 is 0 Å². The van der Waals surface area contributed by atoms with Gasteiger partial charge in [0.2, 0.25) is 11.8 Å². The van der Waals surface area contributed by atoms with Gasteiger partial charge in [-0.25, -0.2) is 0 Å². The van der Waals surface area contributed by atoms with E-state index in [0.29, 0.717) is 13.0 Å². The molecule has 1 unspecified atom stereocenters. The van der Waals surface area contributed by atoms with E-state index in [1.807, 2.05) is 48.5 Å². The zero-order chi connectivity index (χ0) is 20.4. The second-order valence-electron chi connectivity index (χ2n) is 6.19. The molecule has 0 radical (unpaired) electrons. The van der Waals surface area contributed by atoms with Crippen LogP contribution in [0.1, 0.15) is 18.1 Å². The number of amides is 2. The SMILES string of the molecule is COc1ccc(/C=C/C(=O)NC(C)C(=O)NCCc2ccccc2OC)cc1. The van der Waals surface area contributed by atoms with Gasteiger partial charge >= 0.3 is 0 Å². The highest BCUT2D eigenvalue weighted by atomic mass is 16.5. The highest BCUT2D eigenvalue weighted by molar-refractivity contribution is 5.95. The number of ether oxygens (including phenoxy) is 2. The molecule has 2 aromatic rings. The maximum atomic E-state index is 12.2. The van der Waals surface area contributed by atoms with Gasteiger partial charge in [-0.2, -0.15) is 0 Å². The van der Waals surface area contributed by atoms with Crippen LogP contribution in [0.15, 0.2) is 54.6 Å². The molecule has 1 atom stereocenters. The molecule has 28 heavy (non-hydrogen) atoms. The fraction of sp³-hybridized carbons (Fsp3) is 0.273. The van der Waals surface area contributed by atoms with E-state index in [-0.39, 0.29) is 11.8 Å². The van der Waals surface area contributed by atoms with Crippen molar-refractivity contribution in [3.05, 3.63) is 65.7 Å². The van der Waals surface area contributed by atoms with Crippen molar-refractivity contribution in [1.29, 1.82) is 0 Å². The van der Waals surface area contributed by atoms with Crippen LogP contribution < -0.4 is 20.1 Å². The van der Waals surface area contributed by atoms with Crippen molar-refractivity contribution >= 4 is 17.9 Å². The van der Waals surface area contributed by atoms with Crippen LogP contribution in [0.5, 0.6) is 11.5 Å². The molecule has 2 amide bonds. The molecule has 0 spiro atoms. The number of carbonyl (C=O) groups is 2. The zero-order valence-electron chi connectivity index (χ0n) is 16.4. The van der Waals surface area contributed by atoms with E-state index in [0.717, 1.165) is 22.6 Å². The Morgan fingerprint density at radius 1 is 1.04 bits per heavy atom. The number of hydrogen-bond donors (Lipinski definition) is 2. The number of benzene rings is 2. The molecule has 6 nitrogen and oxygen atoms in total. The minimum absolute atomic E-state index is 0.235. The van der Waals surface area contributed by atoms with Crippen molar-refractivity contribution < 1.29 is 19.1 Å². The quantitative estimate of drug-likeness (QED) is 0.654. The predicted octanol–water partition coefficient (Wildman–Crippen LogP) is 2.58. The van der Waals surface area contributed by atoms with Crippen molar-refractivity contribution in [2.45, 2.75) is 19.4 Å². The molecule has 2 rings (SSSR count). The predicted molar refractivity (Wildman–Crippen MR) is 109 cm³/mol. The van der Waals surface area contributed by atoms with Crippen LogP contribution in [0.2, 0.25) is 0 Å². The maximum Gasteiger partial charge on any atom is 0.244 e. The fourth-order valence-corrected chi connectivity index (χ4v) is 2.60. The van der Waals surface area contributed by atoms with Gasteiger partial charge in [0.1, 0.15) is 17.5 Å². The van der Waals surface area contributed by atoms with Gasteiger partial charge < -0.3 is 20.1 Å². The summed E-state index contributed by atoms with van der Waals surface area (Å²) in [6.07, 6.45) is 3.73. The molecule has 0 aliphatic heterocycles. The summed E-state index contributed by atoms with van der Waals surface area (Å²) < 4.78 is 10.4. The third kappa shape index (κ3) is 6.46. The molecular weight excluding hydrogens is 356 g/mol. The van der Waals surface area contributed by atoms with Crippen LogP contribution in [-0.2, 0) is 16.0 Å². The molecule has 2 N–H and O–H groups in total. The van der Waals surface area contributed by atoms with Crippen molar-refractivity contribution in [1.82, 2.24) is 10.6 Å². The topological polar surface area (TPSA) is 76.7 Å². The Hall–Kier alpha value is -3.28. The summed E-state index contributed by atoms with van der Waals surface area (Å²) in [6.45, 7) is 2.11. The second kappa shape index (κ2) is 10.8. The van der Waals surface area contributed by atoms with E-state index in [1.54, 1.807) is 27.2 Å². The molecule has 2 aromatic carbocycles. The smallest absolute Gasteiger partial charge is 0.244 e. The Kier molecular flexibility index (Phi) is 8.09. The van der Waals surface area contributed by atoms with Gasteiger partial charge in [-0.05, 0) is 48.7 Å². The number of rotatable bonds is 9. The third-order valence-corrected chi connectivity index (χ3v) is 4.18. The summed E-state index contributed by atoms with van der Waals surface area (Å²) in [7, 11) is 3.22. The van der Waals surface area contributed by atoms with Crippen molar-refractivity contribution in [2.24, 2.45) is 0 Å². The van der Waals surface area contributed by atoms with Crippen LogP contribution in [-0.4, -0.2) is 38.6 Å². The molecule has 0 saturated carbocycles. The van der Waals surface area contributed by atoms with Gasteiger partial charge in [0, 0.05) is 12.6 Å². The van der Waals surface area contributed by atoms with E-state index in [9.17, 15) is 9.59 Å². The van der Waals surface area contributed by atoms with E-state index in [2.05, 4.69) is 10.6 Å². The first-order valence-corrected chi connectivity index (χ1v) is 9.05. The fourth-order valence-electron chi connectivity index (χ4n) is 2.60. The molecule has 0 bridgehead atoms. The lowest BCUT2D eigenvalue weighted by Gasteiger charge is -2.13. The molecule has 0 saturated heterocycles. The summed E-state index contributed by atoms with van der Waals surface area (Å²) in [5.41, 5.74) is 1.88. The van der Waals surface area contributed by atoms with Gasteiger partial charge in [-0.15, -0.1) is 0 Å². The second-order valence-corrected chi connectivity index (χ2v) is 6.19. The monoisotopic (exact) mass is 382 g/mol. The normalized spacial score (nSPS) is 11.7. The lowest BCUT2D eigenvalue weighted by atomic mass is 10.1. The molecule has 0 aliphatic rings. The first kappa shape index (κ1) is 21.0. The number of para-hydroxylation sites is 1. The standard InChI is InChI=1S/C22H26N2O4/c1-16(22(26)23-15-14-18-6-4-5-7-20(18)28-3)24-21(25)13-10-17-8-11-19(27-2)12-9-17/h4-13,16H,14-15H2,1-3H3,(H,23,26)(H,24,25)/b13-10+. The highest BCUT2D eigenvalue weighted by Crippen LogP contribution is 2.17. The Morgan fingerprint density at radius 2 is 1.75 bits per heavy atom. The molecule has 0 fully saturated rings. The highest BCUT2D eigenvalue weighted by Gasteiger charge is 2.14. The number of hydrogen-bond acceptors (Lipinski definition) is 4. The third-order valence-electron chi connectivity index (χ3n) is 4.18. The summed E-state index contributed by atoms with van der Waals surface area (Å²) in [5, 5.41) is 5.48.